The highest BCUT2D eigenvalue weighted by atomic mass is 32.1. The standard InChI is InChI=1S/C25H19N3O4S/c1-2-14-7-10-21-18(11-14)27-24(32-21)17-9-8-16(13-19(17)29)26-25(33)28-23(30)22-12-15-5-3-4-6-20(15)31-22/h3-13,29H,2H2,1H3,(H2,26,28,30,33). The molecular formula is C25H19N3O4S. The first-order valence-electron chi connectivity index (χ1n) is 10.3. The number of nitrogens with zero attached hydrogens (tertiary/aromatic N) is 1. The van der Waals surface area contributed by atoms with Gasteiger partial charge >= 0.3 is 0 Å². The van der Waals surface area contributed by atoms with Crippen molar-refractivity contribution < 1.29 is 18.7 Å². The van der Waals surface area contributed by atoms with Crippen LogP contribution in [0.5, 0.6) is 5.75 Å². The van der Waals surface area contributed by atoms with E-state index in [2.05, 4.69) is 22.5 Å². The molecule has 0 aliphatic rings. The number of phenolic OH excluding ortho intramolecular Hbond substituents is 1. The van der Waals surface area contributed by atoms with Crippen molar-refractivity contribution in [3.8, 4) is 17.2 Å². The molecule has 0 fully saturated rings. The molecule has 3 aromatic carbocycles. The first-order chi connectivity index (χ1) is 16.0. The fourth-order valence-corrected chi connectivity index (χ4v) is 3.73. The number of fused-ring (bicyclic) bond motifs is 2. The third-order valence-corrected chi connectivity index (χ3v) is 5.43. The molecule has 0 bridgehead atoms. The topological polar surface area (TPSA) is 101 Å². The molecule has 5 rings (SSSR count). The van der Waals surface area contributed by atoms with E-state index in [0.29, 0.717) is 28.3 Å². The summed E-state index contributed by atoms with van der Waals surface area (Å²) in [5.74, 6) is -0.0278. The summed E-state index contributed by atoms with van der Waals surface area (Å²) in [5.41, 5.74) is 4.11. The van der Waals surface area contributed by atoms with Crippen LogP contribution in [0.3, 0.4) is 0 Å². The molecule has 0 unspecified atom stereocenters. The lowest BCUT2D eigenvalue weighted by molar-refractivity contribution is 0.0953. The normalized spacial score (nSPS) is 11.1. The smallest absolute Gasteiger partial charge is 0.293 e. The van der Waals surface area contributed by atoms with Gasteiger partial charge in [-0.25, -0.2) is 4.98 Å². The lowest BCUT2D eigenvalue weighted by Gasteiger charge is -2.10. The third-order valence-electron chi connectivity index (χ3n) is 5.22. The zero-order chi connectivity index (χ0) is 22.9. The number of phenols is 1. The van der Waals surface area contributed by atoms with Gasteiger partial charge in [0.2, 0.25) is 5.89 Å². The van der Waals surface area contributed by atoms with Crippen molar-refractivity contribution in [1.82, 2.24) is 10.3 Å². The summed E-state index contributed by atoms with van der Waals surface area (Å²) in [6.45, 7) is 2.07. The fourth-order valence-electron chi connectivity index (χ4n) is 3.52. The number of rotatable bonds is 4. The van der Waals surface area contributed by atoms with Gasteiger partial charge in [-0.3, -0.25) is 10.1 Å². The van der Waals surface area contributed by atoms with Crippen LogP contribution in [0.2, 0.25) is 0 Å². The minimum atomic E-state index is -0.470. The molecule has 33 heavy (non-hydrogen) atoms. The number of carbonyl (C=O) groups excluding carboxylic acids is 1. The fraction of sp³-hybridized carbons (Fsp3) is 0.0800. The highest BCUT2D eigenvalue weighted by molar-refractivity contribution is 7.80. The Labute approximate surface area is 194 Å². The van der Waals surface area contributed by atoms with Crippen LogP contribution in [-0.2, 0) is 6.42 Å². The van der Waals surface area contributed by atoms with Crippen LogP contribution in [0.4, 0.5) is 5.69 Å². The van der Waals surface area contributed by atoms with Gasteiger partial charge in [-0.15, -0.1) is 0 Å². The summed E-state index contributed by atoms with van der Waals surface area (Å²) in [6, 6.07) is 19.7. The molecule has 0 spiro atoms. The lowest BCUT2D eigenvalue weighted by Crippen LogP contribution is -2.33. The number of carbonyl (C=O) groups is 1. The quantitative estimate of drug-likeness (QED) is 0.300. The Morgan fingerprint density at radius 1 is 1.03 bits per heavy atom. The summed E-state index contributed by atoms with van der Waals surface area (Å²) in [4.78, 5) is 16.9. The molecule has 1 amide bonds. The number of oxazole rings is 1. The molecule has 7 nitrogen and oxygen atoms in total. The van der Waals surface area contributed by atoms with E-state index in [1.807, 2.05) is 36.4 Å². The van der Waals surface area contributed by atoms with Crippen LogP contribution in [-0.4, -0.2) is 21.1 Å². The molecule has 0 aliphatic carbocycles. The Balaban J connectivity index is 1.30. The molecule has 0 atom stereocenters. The van der Waals surface area contributed by atoms with Crippen molar-refractivity contribution in [3.05, 3.63) is 78.1 Å². The van der Waals surface area contributed by atoms with Crippen LogP contribution in [0.25, 0.3) is 33.5 Å². The minimum Gasteiger partial charge on any atom is -0.507 e. The number of hydrogen-bond donors (Lipinski definition) is 3. The van der Waals surface area contributed by atoms with Crippen molar-refractivity contribution in [2.24, 2.45) is 0 Å². The summed E-state index contributed by atoms with van der Waals surface area (Å²) < 4.78 is 11.3. The van der Waals surface area contributed by atoms with Gasteiger partial charge in [0.05, 0.1) is 5.56 Å². The van der Waals surface area contributed by atoms with Gasteiger partial charge in [0, 0.05) is 17.1 Å². The number of amides is 1. The second kappa shape index (κ2) is 8.40. The van der Waals surface area contributed by atoms with Crippen LogP contribution >= 0.6 is 12.2 Å². The number of aryl methyl sites for hydroxylation is 1. The molecule has 0 radical (unpaired) electrons. The van der Waals surface area contributed by atoms with Crippen molar-refractivity contribution in [2.75, 3.05) is 5.32 Å². The van der Waals surface area contributed by atoms with E-state index in [1.54, 1.807) is 24.3 Å². The highest BCUT2D eigenvalue weighted by Gasteiger charge is 2.16. The average Bonchev–Trinajstić information content (AvgIpc) is 3.42. The van der Waals surface area contributed by atoms with Crippen molar-refractivity contribution in [1.29, 1.82) is 0 Å². The Bertz CT molecular complexity index is 1490. The van der Waals surface area contributed by atoms with E-state index in [4.69, 9.17) is 21.1 Å². The van der Waals surface area contributed by atoms with Gasteiger partial charge in [0.15, 0.2) is 16.5 Å². The molecule has 0 saturated heterocycles. The van der Waals surface area contributed by atoms with Gasteiger partial charge in [0.1, 0.15) is 16.8 Å². The van der Waals surface area contributed by atoms with E-state index < -0.39 is 5.91 Å². The Hall–Kier alpha value is -4.17. The monoisotopic (exact) mass is 457 g/mol. The molecule has 3 N–H and O–H groups in total. The van der Waals surface area contributed by atoms with Crippen LogP contribution in [0.1, 0.15) is 23.0 Å². The Morgan fingerprint density at radius 2 is 1.88 bits per heavy atom. The number of aromatic nitrogens is 1. The summed E-state index contributed by atoms with van der Waals surface area (Å²) in [7, 11) is 0. The molecule has 0 saturated carbocycles. The van der Waals surface area contributed by atoms with E-state index in [-0.39, 0.29) is 16.6 Å². The zero-order valence-corrected chi connectivity index (χ0v) is 18.4. The number of furan rings is 1. The number of para-hydroxylation sites is 1. The van der Waals surface area contributed by atoms with Crippen molar-refractivity contribution in [2.45, 2.75) is 13.3 Å². The number of aromatic hydroxyl groups is 1. The summed E-state index contributed by atoms with van der Waals surface area (Å²) in [6.07, 6.45) is 0.899. The first-order valence-corrected chi connectivity index (χ1v) is 10.7. The van der Waals surface area contributed by atoms with Crippen molar-refractivity contribution >= 4 is 51.0 Å². The first kappa shape index (κ1) is 20.7. The Kier molecular flexibility index (Phi) is 5.27. The third kappa shape index (κ3) is 4.16. The van der Waals surface area contributed by atoms with Crippen LogP contribution < -0.4 is 10.6 Å². The van der Waals surface area contributed by atoms with Crippen molar-refractivity contribution in [3.63, 3.8) is 0 Å². The molecule has 164 valence electrons. The second-order valence-electron chi connectivity index (χ2n) is 7.46. The summed E-state index contributed by atoms with van der Waals surface area (Å²) in [5, 5.41) is 16.9. The van der Waals surface area contributed by atoms with Gasteiger partial charge in [-0.1, -0.05) is 31.2 Å². The predicted octanol–water partition coefficient (Wildman–Crippen LogP) is 5.64. The number of hydrogen-bond acceptors (Lipinski definition) is 6. The SMILES string of the molecule is CCc1ccc2oc(-c3ccc(NC(=S)NC(=O)c4cc5ccccc5o4)cc3O)nc2c1. The Morgan fingerprint density at radius 3 is 2.67 bits per heavy atom. The molecule has 8 heteroatoms. The highest BCUT2D eigenvalue weighted by Crippen LogP contribution is 2.33. The average molecular weight is 458 g/mol. The summed E-state index contributed by atoms with van der Waals surface area (Å²) >= 11 is 5.23. The molecule has 2 heterocycles. The predicted molar refractivity (Wildman–Crippen MR) is 130 cm³/mol. The molecule has 5 aromatic rings. The maximum absolute atomic E-state index is 12.4. The lowest BCUT2D eigenvalue weighted by atomic mass is 10.1. The number of benzene rings is 3. The van der Waals surface area contributed by atoms with Gasteiger partial charge in [0.25, 0.3) is 5.91 Å². The van der Waals surface area contributed by atoms with Gasteiger partial charge in [-0.2, -0.15) is 0 Å². The number of anilines is 1. The maximum Gasteiger partial charge on any atom is 0.293 e. The number of thiocarbonyl (C=S) groups is 1. The maximum atomic E-state index is 12.4. The van der Waals surface area contributed by atoms with E-state index >= 15 is 0 Å². The number of nitrogens with one attached hydrogen (secondary N) is 2. The van der Waals surface area contributed by atoms with E-state index in [1.165, 1.54) is 6.07 Å². The van der Waals surface area contributed by atoms with Crippen LogP contribution in [0.15, 0.2) is 75.6 Å². The molecule has 0 aliphatic heterocycles. The largest absolute Gasteiger partial charge is 0.507 e. The molecule has 2 aromatic heterocycles. The van der Waals surface area contributed by atoms with Gasteiger partial charge in [-0.05, 0) is 60.6 Å². The van der Waals surface area contributed by atoms with E-state index in [0.717, 1.165) is 22.9 Å². The minimum absolute atomic E-state index is 0.0336. The zero-order valence-electron chi connectivity index (χ0n) is 17.6. The van der Waals surface area contributed by atoms with Gasteiger partial charge < -0.3 is 19.3 Å². The van der Waals surface area contributed by atoms with E-state index in [9.17, 15) is 9.90 Å². The second-order valence-corrected chi connectivity index (χ2v) is 7.87. The molecular weight excluding hydrogens is 438 g/mol. The van der Waals surface area contributed by atoms with Crippen LogP contribution in [0, 0.1) is 0 Å².